The zero-order valence-electron chi connectivity index (χ0n) is 14.6. The number of hydrogen-bond donors (Lipinski definition) is 1. The number of methoxy groups -OCH3 is 2. The van der Waals surface area contributed by atoms with E-state index >= 15 is 0 Å². The Balaban J connectivity index is 1.78. The fraction of sp³-hybridized carbons (Fsp3) is 0.158. The molecule has 0 spiro atoms. The number of nitrogens with one attached hydrogen (secondary N) is 1. The van der Waals surface area contributed by atoms with Crippen LogP contribution in [0.1, 0.15) is 5.56 Å². The highest BCUT2D eigenvalue weighted by Gasteiger charge is 2.15. The number of thiazole rings is 1. The molecule has 1 N–H and O–H groups in total. The van der Waals surface area contributed by atoms with E-state index in [0.29, 0.717) is 22.3 Å². The molecule has 3 rings (SSSR count). The summed E-state index contributed by atoms with van der Waals surface area (Å²) in [6, 6.07) is 9.68. The molecule has 0 unspecified atom stereocenters. The second kappa shape index (κ2) is 8.37. The molecule has 1 heterocycles. The summed E-state index contributed by atoms with van der Waals surface area (Å²) in [5.41, 5.74) is 1.53. The third kappa shape index (κ3) is 4.37. The standard InChI is InChI=1S/C19H16ClFN2O3S/c1-25-11-6-7-17(26-2)13(8-11)16-10-27-19(22-16)23-18(24)9-12-14(20)4-3-5-15(12)21/h3-8,10H,9H2,1-2H3,(H,22,23,24). The number of aromatic nitrogens is 1. The van der Waals surface area contributed by atoms with Crippen LogP contribution in [-0.2, 0) is 11.2 Å². The Morgan fingerprint density at radius 2 is 2.07 bits per heavy atom. The lowest BCUT2D eigenvalue weighted by Crippen LogP contribution is -2.15. The van der Waals surface area contributed by atoms with Gasteiger partial charge < -0.3 is 14.8 Å². The molecule has 0 fully saturated rings. The molecule has 0 aliphatic carbocycles. The number of hydrogen-bond acceptors (Lipinski definition) is 5. The van der Waals surface area contributed by atoms with Crippen molar-refractivity contribution in [2.75, 3.05) is 19.5 Å². The molecule has 0 saturated carbocycles. The minimum Gasteiger partial charge on any atom is -0.497 e. The summed E-state index contributed by atoms with van der Waals surface area (Å²) < 4.78 is 24.4. The van der Waals surface area contributed by atoms with Crippen LogP contribution in [0, 0.1) is 5.82 Å². The van der Waals surface area contributed by atoms with Crippen LogP contribution in [0.2, 0.25) is 5.02 Å². The van der Waals surface area contributed by atoms with Gasteiger partial charge in [-0.3, -0.25) is 4.79 Å². The molecular formula is C19H16ClFN2O3S. The van der Waals surface area contributed by atoms with E-state index in [4.69, 9.17) is 21.1 Å². The molecule has 0 saturated heterocycles. The van der Waals surface area contributed by atoms with Gasteiger partial charge in [-0.25, -0.2) is 9.37 Å². The number of carbonyl (C=O) groups is 1. The van der Waals surface area contributed by atoms with Crippen LogP contribution < -0.4 is 14.8 Å². The van der Waals surface area contributed by atoms with Gasteiger partial charge in [0.15, 0.2) is 5.13 Å². The SMILES string of the molecule is COc1ccc(OC)c(-c2csc(NC(=O)Cc3c(F)cccc3Cl)n2)c1. The normalized spacial score (nSPS) is 10.5. The second-order valence-corrected chi connectivity index (χ2v) is 6.79. The highest BCUT2D eigenvalue weighted by molar-refractivity contribution is 7.14. The molecular weight excluding hydrogens is 391 g/mol. The Kier molecular flexibility index (Phi) is 5.93. The lowest BCUT2D eigenvalue weighted by Gasteiger charge is -2.08. The molecule has 2 aromatic carbocycles. The fourth-order valence-corrected chi connectivity index (χ4v) is 3.45. The number of anilines is 1. The zero-order valence-corrected chi connectivity index (χ0v) is 16.2. The first-order chi connectivity index (χ1) is 13.0. The van der Waals surface area contributed by atoms with E-state index in [1.807, 2.05) is 0 Å². The average Bonchev–Trinajstić information content (AvgIpc) is 3.12. The summed E-state index contributed by atoms with van der Waals surface area (Å²) in [5, 5.41) is 5.08. The van der Waals surface area contributed by atoms with Crippen molar-refractivity contribution in [2.24, 2.45) is 0 Å². The highest BCUT2D eigenvalue weighted by Crippen LogP contribution is 2.35. The molecule has 0 aliphatic rings. The van der Waals surface area contributed by atoms with Gasteiger partial charge in [0.05, 0.1) is 26.3 Å². The van der Waals surface area contributed by atoms with E-state index in [2.05, 4.69) is 10.3 Å². The van der Waals surface area contributed by atoms with Crippen molar-refractivity contribution in [2.45, 2.75) is 6.42 Å². The Bertz CT molecular complexity index is 957. The number of amides is 1. The first kappa shape index (κ1) is 19.1. The van der Waals surface area contributed by atoms with Crippen LogP contribution in [0.3, 0.4) is 0 Å². The summed E-state index contributed by atoms with van der Waals surface area (Å²) in [6.07, 6.45) is -0.178. The van der Waals surface area contributed by atoms with E-state index in [0.717, 1.165) is 5.56 Å². The van der Waals surface area contributed by atoms with Crippen molar-refractivity contribution in [3.05, 3.63) is 58.2 Å². The molecule has 3 aromatic rings. The van der Waals surface area contributed by atoms with Crippen molar-refractivity contribution in [3.8, 4) is 22.8 Å². The summed E-state index contributed by atoms with van der Waals surface area (Å²) in [4.78, 5) is 16.7. The van der Waals surface area contributed by atoms with Gasteiger partial charge in [-0.2, -0.15) is 0 Å². The first-order valence-electron chi connectivity index (χ1n) is 7.92. The van der Waals surface area contributed by atoms with E-state index in [-0.39, 0.29) is 17.0 Å². The number of ether oxygens (including phenoxy) is 2. The molecule has 0 atom stereocenters. The molecule has 0 radical (unpaired) electrons. The highest BCUT2D eigenvalue weighted by atomic mass is 35.5. The molecule has 8 heteroatoms. The molecule has 0 bridgehead atoms. The Labute approximate surface area is 164 Å². The maximum absolute atomic E-state index is 13.8. The molecule has 5 nitrogen and oxygen atoms in total. The van der Waals surface area contributed by atoms with Gasteiger partial charge in [-0.15, -0.1) is 11.3 Å². The number of rotatable bonds is 6. The van der Waals surface area contributed by atoms with E-state index in [9.17, 15) is 9.18 Å². The van der Waals surface area contributed by atoms with E-state index in [1.165, 1.54) is 23.5 Å². The number of benzene rings is 2. The quantitative estimate of drug-likeness (QED) is 0.638. The Morgan fingerprint density at radius 1 is 1.26 bits per heavy atom. The van der Waals surface area contributed by atoms with E-state index < -0.39 is 11.7 Å². The topological polar surface area (TPSA) is 60.5 Å². The van der Waals surface area contributed by atoms with Crippen LogP contribution >= 0.6 is 22.9 Å². The molecule has 140 valence electrons. The minimum atomic E-state index is -0.515. The van der Waals surface area contributed by atoms with Gasteiger partial charge in [0, 0.05) is 21.5 Å². The van der Waals surface area contributed by atoms with Crippen molar-refractivity contribution in [3.63, 3.8) is 0 Å². The average molecular weight is 407 g/mol. The molecule has 0 aliphatic heterocycles. The van der Waals surface area contributed by atoms with E-state index in [1.54, 1.807) is 43.9 Å². The lowest BCUT2D eigenvalue weighted by atomic mass is 10.1. The van der Waals surface area contributed by atoms with Crippen LogP contribution in [-0.4, -0.2) is 25.1 Å². The van der Waals surface area contributed by atoms with Crippen LogP contribution in [0.25, 0.3) is 11.3 Å². The molecule has 1 amide bonds. The van der Waals surface area contributed by atoms with Crippen LogP contribution in [0.4, 0.5) is 9.52 Å². The Morgan fingerprint density at radius 3 is 2.78 bits per heavy atom. The Hall–Kier alpha value is -2.64. The predicted octanol–water partition coefficient (Wildman–Crippen LogP) is 4.80. The summed E-state index contributed by atoms with van der Waals surface area (Å²) in [5.74, 6) is 0.384. The van der Waals surface area contributed by atoms with Crippen molar-refractivity contribution in [1.82, 2.24) is 4.98 Å². The lowest BCUT2D eigenvalue weighted by molar-refractivity contribution is -0.115. The summed E-state index contributed by atoms with van der Waals surface area (Å²) >= 11 is 7.22. The van der Waals surface area contributed by atoms with Gasteiger partial charge in [-0.1, -0.05) is 17.7 Å². The largest absolute Gasteiger partial charge is 0.497 e. The van der Waals surface area contributed by atoms with Gasteiger partial charge in [0.25, 0.3) is 0 Å². The van der Waals surface area contributed by atoms with Gasteiger partial charge in [-0.05, 0) is 30.3 Å². The van der Waals surface area contributed by atoms with Crippen LogP contribution in [0.5, 0.6) is 11.5 Å². The maximum Gasteiger partial charge on any atom is 0.230 e. The summed E-state index contributed by atoms with van der Waals surface area (Å²) in [6.45, 7) is 0. The minimum absolute atomic E-state index is 0.155. The third-order valence-corrected chi connectivity index (χ3v) is 4.94. The van der Waals surface area contributed by atoms with Crippen molar-refractivity contribution >= 4 is 34.0 Å². The third-order valence-electron chi connectivity index (χ3n) is 3.83. The maximum atomic E-state index is 13.8. The second-order valence-electron chi connectivity index (χ2n) is 5.53. The number of carbonyl (C=O) groups excluding carboxylic acids is 1. The fourth-order valence-electron chi connectivity index (χ4n) is 2.49. The number of halogens is 2. The smallest absolute Gasteiger partial charge is 0.230 e. The zero-order chi connectivity index (χ0) is 19.4. The monoisotopic (exact) mass is 406 g/mol. The van der Waals surface area contributed by atoms with Crippen LogP contribution in [0.15, 0.2) is 41.8 Å². The van der Waals surface area contributed by atoms with Crippen molar-refractivity contribution in [1.29, 1.82) is 0 Å². The number of nitrogens with zero attached hydrogens (tertiary/aromatic N) is 1. The summed E-state index contributed by atoms with van der Waals surface area (Å²) in [7, 11) is 3.14. The molecule has 27 heavy (non-hydrogen) atoms. The van der Waals surface area contributed by atoms with Gasteiger partial charge in [0.1, 0.15) is 17.3 Å². The first-order valence-corrected chi connectivity index (χ1v) is 9.18. The predicted molar refractivity (Wildman–Crippen MR) is 104 cm³/mol. The van der Waals surface area contributed by atoms with Gasteiger partial charge >= 0.3 is 0 Å². The van der Waals surface area contributed by atoms with Crippen molar-refractivity contribution < 1.29 is 18.7 Å². The molecule has 1 aromatic heterocycles. The van der Waals surface area contributed by atoms with Gasteiger partial charge in [0.2, 0.25) is 5.91 Å².